The van der Waals surface area contributed by atoms with Gasteiger partial charge in [-0.25, -0.2) is 0 Å². The molecule has 98 valence electrons. The Morgan fingerprint density at radius 3 is 2.84 bits per heavy atom. The Labute approximate surface area is 113 Å². The molecule has 1 heterocycles. The molecule has 2 aliphatic carbocycles. The Hall–Kier alpha value is -1.54. The molecule has 0 aliphatic heterocycles. The second-order valence-electron chi connectivity index (χ2n) is 5.79. The monoisotopic (exact) mass is 253 g/mol. The third-order valence-electron chi connectivity index (χ3n) is 4.75. The highest BCUT2D eigenvalue weighted by molar-refractivity contribution is 5.37. The van der Waals surface area contributed by atoms with Gasteiger partial charge in [0.05, 0.1) is 12.1 Å². The summed E-state index contributed by atoms with van der Waals surface area (Å²) in [5.41, 5.74) is 5.49. The fraction of sp³-hybridized carbons (Fsp3) is 0.412. The van der Waals surface area contributed by atoms with E-state index in [1.165, 1.54) is 29.7 Å². The van der Waals surface area contributed by atoms with Gasteiger partial charge in [-0.05, 0) is 49.3 Å². The maximum atomic E-state index is 10.1. The summed E-state index contributed by atoms with van der Waals surface area (Å²) >= 11 is 0. The molecular formula is C17H19NO. The molecule has 2 unspecified atom stereocenters. The van der Waals surface area contributed by atoms with Crippen molar-refractivity contribution in [1.29, 1.82) is 0 Å². The summed E-state index contributed by atoms with van der Waals surface area (Å²) in [7, 11) is 0. The molecule has 1 aromatic heterocycles. The Morgan fingerprint density at radius 1 is 1.00 bits per heavy atom. The van der Waals surface area contributed by atoms with Crippen LogP contribution >= 0.6 is 0 Å². The summed E-state index contributed by atoms with van der Waals surface area (Å²) in [5.74, 6) is 0. The summed E-state index contributed by atoms with van der Waals surface area (Å²) in [6, 6.07) is 11.4. The van der Waals surface area contributed by atoms with Gasteiger partial charge in [0, 0.05) is 17.5 Å². The highest BCUT2D eigenvalue weighted by Crippen LogP contribution is 2.39. The van der Waals surface area contributed by atoms with Gasteiger partial charge in [0.1, 0.15) is 0 Å². The van der Waals surface area contributed by atoms with Crippen LogP contribution in [-0.2, 0) is 12.8 Å². The van der Waals surface area contributed by atoms with E-state index in [1.54, 1.807) is 0 Å². The molecule has 0 fully saturated rings. The van der Waals surface area contributed by atoms with E-state index in [0.29, 0.717) is 6.04 Å². The summed E-state index contributed by atoms with van der Waals surface area (Å²) in [6.45, 7) is 0. The first kappa shape index (κ1) is 11.3. The Bertz CT molecular complexity index is 613. The molecule has 0 saturated heterocycles. The third-order valence-corrected chi connectivity index (χ3v) is 4.75. The molecule has 1 N–H and O–H groups in total. The first-order valence-corrected chi connectivity index (χ1v) is 7.30. The molecule has 0 saturated carbocycles. The minimum absolute atomic E-state index is 0.248. The number of nitrogens with zero attached hydrogens (tertiary/aromatic N) is 1. The van der Waals surface area contributed by atoms with E-state index in [9.17, 15) is 5.11 Å². The SMILES string of the molecule is OC1CCCc2c1ccn2C1CCc2ccccc21. The van der Waals surface area contributed by atoms with Crippen molar-refractivity contribution in [2.45, 2.75) is 44.2 Å². The van der Waals surface area contributed by atoms with E-state index in [4.69, 9.17) is 0 Å². The zero-order chi connectivity index (χ0) is 12.8. The van der Waals surface area contributed by atoms with Gasteiger partial charge in [-0.1, -0.05) is 24.3 Å². The summed E-state index contributed by atoms with van der Waals surface area (Å²) < 4.78 is 2.42. The second kappa shape index (κ2) is 4.24. The van der Waals surface area contributed by atoms with Crippen LogP contribution in [0.1, 0.15) is 53.8 Å². The number of hydrogen-bond donors (Lipinski definition) is 1. The van der Waals surface area contributed by atoms with Crippen molar-refractivity contribution in [3.05, 3.63) is 58.9 Å². The van der Waals surface area contributed by atoms with E-state index < -0.39 is 0 Å². The molecule has 2 atom stereocenters. The topological polar surface area (TPSA) is 25.2 Å². The predicted molar refractivity (Wildman–Crippen MR) is 75.2 cm³/mol. The van der Waals surface area contributed by atoms with Gasteiger partial charge in [-0.3, -0.25) is 0 Å². The van der Waals surface area contributed by atoms with Crippen LogP contribution in [0.5, 0.6) is 0 Å². The van der Waals surface area contributed by atoms with Gasteiger partial charge < -0.3 is 9.67 Å². The summed E-state index contributed by atoms with van der Waals surface area (Å²) in [5, 5.41) is 10.1. The largest absolute Gasteiger partial charge is 0.388 e. The van der Waals surface area contributed by atoms with Crippen LogP contribution in [0.15, 0.2) is 36.5 Å². The molecule has 2 nitrogen and oxygen atoms in total. The fourth-order valence-corrected chi connectivity index (χ4v) is 3.81. The van der Waals surface area contributed by atoms with Crippen LogP contribution in [0.2, 0.25) is 0 Å². The highest BCUT2D eigenvalue weighted by Gasteiger charge is 2.28. The Kier molecular flexibility index (Phi) is 2.52. The number of rotatable bonds is 1. The van der Waals surface area contributed by atoms with E-state index in [0.717, 1.165) is 24.8 Å². The summed E-state index contributed by atoms with van der Waals surface area (Å²) in [6.07, 6.45) is 7.43. The molecule has 0 radical (unpaired) electrons. The zero-order valence-corrected chi connectivity index (χ0v) is 11.0. The van der Waals surface area contributed by atoms with Crippen molar-refractivity contribution in [2.24, 2.45) is 0 Å². The normalized spacial score (nSPS) is 25.1. The van der Waals surface area contributed by atoms with Crippen molar-refractivity contribution in [3.8, 4) is 0 Å². The molecule has 2 aliphatic rings. The lowest BCUT2D eigenvalue weighted by atomic mass is 9.95. The number of aliphatic hydroxyl groups excluding tert-OH is 1. The fourth-order valence-electron chi connectivity index (χ4n) is 3.81. The quantitative estimate of drug-likeness (QED) is 0.828. The minimum atomic E-state index is -0.248. The number of aryl methyl sites for hydroxylation is 1. The van der Waals surface area contributed by atoms with Crippen LogP contribution in [0, 0.1) is 0 Å². The number of hydrogen-bond acceptors (Lipinski definition) is 1. The van der Waals surface area contributed by atoms with Crippen LogP contribution in [0.4, 0.5) is 0 Å². The molecule has 2 heteroatoms. The second-order valence-corrected chi connectivity index (χ2v) is 5.79. The van der Waals surface area contributed by atoms with Crippen molar-refractivity contribution in [1.82, 2.24) is 4.57 Å². The Morgan fingerprint density at radius 2 is 1.89 bits per heavy atom. The average Bonchev–Trinajstić information content (AvgIpc) is 3.02. The van der Waals surface area contributed by atoms with Crippen molar-refractivity contribution < 1.29 is 5.11 Å². The van der Waals surface area contributed by atoms with Gasteiger partial charge in [0.2, 0.25) is 0 Å². The lowest BCUT2D eigenvalue weighted by Gasteiger charge is -2.23. The summed E-state index contributed by atoms with van der Waals surface area (Å²) in [4.78, 5) is 0. The first-order chi connectivity index (χ1) is 9.34. The lowest BCUT2D eigenvalue weighted by molar-refractivity contribution is 0.155. The van der Waals surface area contributed by atoms with Crippen molar-refractivity contribution in [3.63, 3.8) is 0 Å². The average molecular weight is 253 g/mol. The number of benzene rings is 1. The predicted octanol–water partition coefficient (Wildman–Crippen LogP) is 3.39. The Balaban J connectivity index is 1.79. The lowest BCUT2D eigenvalue weighted by Crippen LogP contribution is -2.15. The zero-order valence-electron chi connectivity index (χ0n) is 11.0. The maximum Gasteiger partial charge on any atom is 0.0807 e. The standard InChI is InChI=1S/C17H19NO/c19-17-7-3-6-15-14(17)10-11-18(15)16-9-8-12-4-1-2-5-13(12)16/h1-2,4-5,10-11,16-17,19H,3,6-9H2. The molecule has 0 amide bonds. The van der Waals surface area contributed by atoms with Crippen LogP contribution in [0.25, 0.3) is 0 Å². The van der Waals surface area contributed by atoms with Crippen LogP contribution in [-0.4, -0.2) is 9.67 Å². The number of aliphatic hydroxyl groups is 1. The molecule has 0 spiro atoms. The van der Waals surface area contributed by atoms with Crippen molar-refractivity contribution in [2.75, 3.05) is 0 Å². The van der Waals surface area contributed by atoms with Crippen LogP contribution < -0.4 is 0 Å². The van der Waals surface area contributed by atoms with Gasteiger partial charge in [0.15, 0.2) is 0 Å². The molecular weight excluding hydrogens is 234 g/mol. The number of fused-ring (bicyclic) bond motifs is 2. The minimum Gasteiger partial charge on any atom is -0.388 e. The molecule has 0 bridgehead atoms. The van der Waals surface area contributed by atoms with Gasteiger partial charge in [-0.15, -0.1) is 0 Å². The first-order valence-electron chi connectivity index (χ1n) is 7.30. The van der Waals surface area contributed by atoms with E-state index >= 15 is 0 Å². The molecule has 1 aromatic carbocycles. The van der Waals surface area contributed by atoms with Crippen molar-refractivity contribution >= 4 is 0 Å². The maximum absolute atomic E-state index is 10.1. The van der Waals surface area contributed by atoms with Gasteiger partial charge in [0.25, 0.3) is 0 Å². The third kappa shape index (κ3) is 1.67. The van der Waals surface area contributed by atoms with E-state index in [1.807, 2.05) is 0 Å². The highest BCUT2D eigenvalue weighted by atomic mass is 16.3. The smallest absolute Gasteiger partial charge is 0.0807 e. The molecule has 4 rings (SSSR count). The van der Waals surface area contributed by atoms with Crippen LogP contribution in [0.3, 0.4) is 0 Å². The van der Waals surface area contributed by atoms with E-state index in [-0.39, 0.29) is 6.10 Å². The van der Waals surface area contributed by atoms with E-state index in [2.05, 4.69) is 41.1 Å². The molecule has 2 aromatic rings. The number of aromatic nitrogens is 1. The van der Waals surface area contributed by atoms with Gasteiger partial charge >= 0.3 is 0 Å². The molecule has 19 heavy (non-hydrogen) atoms. The van der Waals surface area contributed by atoms with Gasteiger partial charge in [-0.2, -0.15) is 0 Å².